The van der Waals surface area contributed by atoms with Crippen LogP contribution < -0.4 is 4.74 Å². The standard InChI is InChI=1S/C16H13FO5/c1-8-7-11(15(18)19)14(17)13(16(20)21)12(8)9-3-5-10(22-2)6-4-9/h3-7H,1-2H3,(H,18,19)(H,20,21). The normalized spacial score (nSPS) is 10.3. The third-order valence-corrected chi connectivity index (χ3v) is 3.28. The van der Waals surface area contributed by atoms with Crippen molar-refractivity contribution in [1.82, 2.24) is 0 Å². The van der Waals surface area contributed by atoms with Crippen molar-refractivity contribution in [2.24, 2.45) is 0 Å². The lowest BCUT2D eigenvalue weighted by Gasteiger charge is -2.13. The predicted octanol–water partition coefficient (Wildman–Crippen LogP) is 3.21. The molecule has 0 unspecified atom stereocenters. The van der Waals surface area contributed by atoms with E-state index in [0.717, 1.165) is 6.07 Å². The number of aryl methyl sites for hydroxylation is 1. The van der Waals surface area contributed by atoms with Gasteiger partial charge in [0.1, 0.15) is 11.3 Å². The van der Waals surface area contributed by atoms with E-state index in [2.05, 4.69) is 0 Å². The number of methoxy groups -OCH3 is 1. The van der Waals surface area contributed by atoms with Crippen LogP contribution in [0.1, 0.15) is 26.3 Å². The van der Waals surface area contributed by atoms with Gasteiger partial charge in [-0.05, 0) is 36.2 Å². The number of carbonyl (C=O) groups is 2. The Morgan fingerprint density at radius 1 is 1.09 bits per heavy atom. The van der Waals surface area contributed by atoms with Gasteiger partial charge in [0, 0.05) is 5.56 Å². The van der Waals surface area contributed by atoms with Crippen molar-refractivity contribution in [1.29, 1.82) is 0 Å². The Hall–Kier alpha value is -2.89. The fraction of sp³-hybridized carbons (Fsp3) is 0.125. The zero-order valence-electron chi connectivity index (χ0n) is 11.9. The first-order valence-corrected chi connectivity index (χ1v) is 6.31. The maximum absolute atomic E-state index is 14.3. The van der Waals surface area contributed by atoms with Crippen LogP contribution in [0, 0.1) is 12.7 Å². The van der Waals surface area contributed by atoms with Crippen LogP contribution >= 0.6 is 0 Å². The highest BCUT2D eigenvalue weighted by molar-refractivity contribution is 6.01. The summed E-state index contributed by atoms with van der Waals surface area (Å²) >= 11 is 0. The molecule has 22 heavy (non-hydrogen) atoms. The molecule has 0 heterocycles. The first kappa shape index (κ1) is 15.5. The van der Waals surface area contributed by atoms with Gasteiger partial charge in [-0.15, -0.1) is 0 Å². The Bertz CT molecular complexity index is 750. The molecule has 2 N–H and O–H groups in total. The van der Waals surface area contributed by atoms with Crippen molar-refractivity contribution in [3.05, 3.63) is 52.8 Å². The van der Waals surface area contributed by atoms with Crippen LogP contribution in [0.3, 0.4) is 0 Å². The van der Waals surface area contributed by atoms with Crippen LogP contribution in [-0.4, -0.2) is 29.3 Å². The van der Waals surface area contributed by atoms with Crippen LogP contribution in [0.15, 0.2) is 30.3 Å². The van der Waals surface area contributed by atoms with E-state index in [4.69, 9.17) is 9.84 Å². The second-order valence-corrected chi connectivity index (χ2v) is 4.64. The number of aromatic carboxylic acids is 2. The number of carboxylic acid groups (broad SMARTS) is 2. The second-order valence-electron chi connectivity index (χ2n) is 4.64. The molecule has 114 valence electrons. The largest absolute Gasteiger partial charge is 0.497 e. The van der Waals surface area contributed by atoms with E-state index >= 15 is 0 Å². The third-order valence-electron chi connectivity index (χ3n) is 3.28. The lowest BCUT2D eigenvalue weighted by atomic mass is 9.92. The molecule has 0 aliphatic heterocycles. The van der Waals surface area contributed by atoms with Crippen molar-refractivity contribution in [2.75, 3.05) is 7.11 Å². The van der Waals surface area contributed by atoms with Gasteiger partial charge in [-0.2, -0.15) is 0 Å². The lowest BCUT2D eigenvalue weighted by molar-refractivity contribution is 0.0688. The SMILES string of the molecule is COc1ccc(-c2c(C)cc(C(=O)O)c(F)c2C(=O)O)cc1. The summed E-state index contributed by atoms with van der Waals surface area (Å²) in [6, 6.07) is 7.54. The van der Waals surface area contributed by atoms with Crippen molar-refractivity contribution < 1.29 is 28.9 Å². The van der Waals surface area contributed by atoms with E-state index in [0.29, 0.717) is 16.9 Å². The van der Waals surface area contributed by atoms with E-state index in [9.17, 15) is 19.1 Å². The molecule has 0 bridgehead atoms. The van der Waals surface area contributed by atoms with Gasteiger partial charge in [-0.1, -0.05) is 12.1 Å². The first-order valence-electron chi connectivity index (χ1n) is 6.31. The third kappa shape index (κ3) is 2.63. The Kier molecular flexibility index (Phi) is 4.12. The molecular formula is C16H13FO5. The van der Waals surface area contributed by atoms with Crippen molar-refractivity contribution >= 4 is 11.9 Å². The smallest absolute Gasteiger partial charge is 0.339 e. The Morgan fingerprint density at radius 3 is 2.14 bits per heavy atom. The molecule has 2 aromatic carbocycles. The fourth-order valence-electron chi connectivity index (χ4n) is 2.28. The topological polar surface area (TPSA) is 83.8 Å². The maximum Gasteiger partial charge on any atom is 0.339 e. The predicted molar refractivity (Wildman–Crippen MR) is 77.0 cm³/mol. The second kappa shape index (κ2) is 5.85. The summed E-state index contributed by atoms with van der Waals surface area (Å²) in [5.41, 5.74) is -0.333. The number of carboxylic acids is 2. The van der Waals surface area contributed by atoms with Crippen molar-refractivity contribution in [3.8, 4) is 16.9 Å². The van der Waals surface area contributed by atoms with Crippen molar-refractivity contribution in [2.45, 2.75) is 6.92 Å². The summed E-state index contributed by atoms with van der Waals surface area (Å²) in [7, 11) is 1.49. The summed E-state index contributed by atoms with van der Waals surface area (Å²) < 4.78 is 19.3. The molecule has 0 saturated carbocycles. The van der Waals surface area contributed by atoms with Gasteiger partial charge in [0.15, 0.2) is 5.82 Å². The van der Waals surface area contributed by atoms with Gasteiger partial charge in [-0.3, -0.25) is 0 Å². The number of ether oxygens (including phenoxy) is 1. The van der Waals surface area contributed by atoms with E-state index in [1.165, 1.54) is 14.0 Å². The van der Waals surface area contributed by atoms with E-state index in [1.54, 1.807) is 24.3 Å². The van der Waals surface area contributed by atoms with Gasteiger partial charge < -0.3 is 14.9 Å². The molecule has 0 spiro atoms. The van der Waals surface area contributed by atoms with Gasteiger partial charge in [0.25, 0.3) is 0 Å². The van der Waals surface area contributed by atoms with Gasteiger partial charge in [0.2, 0.25) is 0 Å². The molecule has 2 aromatic rings. The minimum Gasteiger partial charge on any atom is -0.497 e. The minimum atomic E-state index is -1.52. The summed E-state index contributed by atoms with van der Waals surface area (Å²) in [6.45, 7) is 1.54. The average Bonchev–Trinajstić information content (AvgIpc) is 2.48. The van der Waals surface area contributed by atoms with Crippen LogP contribution in [0.4, 0.5) is 4.39 Å². The Morgan fingerprint density at radius 2 is 1.68 bits per heavy atom. The van der Waals surface area contributed by atoms with Gasteiger partial charge >= 0.3 is 11.9 Å². The number of benzene rings is 2. The quantitative estimate of drug-likeness (QED) is 0.906. The van der Waals surface area contributed by atoms with E-state index < -0.39 is 28.9 Å². The summed E-state index contributed by atoms with van der Waals surface area (Å²) in [5, 5.41) is 18.3. The van der Waals surface area contributed by atoms with Gasteiger partial charge in [0.05, 0.1) is 12.7 Å². The zero-order chi connectivity index (χ0) is 16.4. The molecule has 0 aromatic heterocycles. The van der Waals surface area contributed by atoms with Crippen LogP contribution in [0.2, 0.25) is 0 Å². The molecular weight excluding hydrogens is 291 g/mol. The minimum absolute atomic E-state index is 0.151. The van der Waals surface area contributed by atoms with Gasteiger partial charge in [-0.25, -0.2) is 14.0 Å². The zero-order valence-corrected chi connectivity index (χ0v) is 11.9. The number of halogens is 1. The molecule has 0 atom stereocenters. The highest BCUT2D eigenvalue weighted by Crippen LogP contribution is 2.32. The maximum atomic E-state index is 14.3. The average molecular weight is 304 g/mol. The molecule has 0 aliphatic carbocycles. The highest BCUT2D eigenvalue weighted by Gasteiger charge is 2.25. The molecule has 0 saturated heterocycles. The van der Waals surface area contributed by atoms with E-state index in [1.807, 2.05) is 0 Å². The number of rotatable bonds is 4. The monoisotopic (exact) mass is 304 g/mol. The fourth-order valence-corrected chi connectivity index (χ4v) is 2.28. The Labute approximate surface area is 125 Å². The van der Waals surface area contributed by atoms with Crippen LogP contribution in [-0.2, 0) is 0 Å². The molecule has 0 aliphatic rings. The summed E-state index contributed by atoms with van der Waals surface area (Å²) in [6.07, 6.45) is 0. The summed E-state index contributed by atoms with van der Waals surface area (Å²) in [4.78, 5) is 22.4. The first-order chi connectivity index (χ1) is 10.4. The Balaban J connectivity index is 2.76. The summed E-state index contributed by atoms with van der Waals surface area (Å²) in [5.74, 6) is -3.71. The lowest BCUT2D eigenvalue weighted by Crippen LogP contribution is -2.11. The molecule has 6 heteroatoms. The number of hydrogen-bond donors (Lipinski definition) is 2. The highest BCUT2D eigenvalue weighted by atomic mass is 19.1. The molecule has 0 amide bonds. The number of hydrogen-bond acceptors (Lipinski definition) is 3. The van der Waals surface area contributed by atoms with Crippen LogP contribution in [0.5, 0.6) is 5.75 Å². The van der Waals surface area contributed by atoms with Crippen molar-refractivity contribution in [3.63, 3.8) is 0 Å². The molecule has 0 radical (unpaired) electrons. The van der Waals surface area contributed by atoms with E-state index in [-0.39, 0.29) is 5.56 Å². The molecule has 5 nitrogen and oxygen atoms in total. The molecule has 0 fully saturated rings. The van der Waals surface area contributed by atoms with Crippen LogP contribution in [0.25, 0.3) is 11.1 Å². The molecule has 2 rings (SSSR count).